The summed E-state index contributed by atoms with van der Waals surface area (Å²) in [5.74, 6) is -6.04. The van der Waals surface area contributed by atoms with Crippen LogP contribution in [-0.4, -0.2) is 335 Å². The summed E-state index contributed by atoms with van der Waals surface area (Å²) >= 11 is 0. The average Bonchev–Trinajstić information content (AvgIpc) is 0.867. The molecule has 44 heteroatoms. The Morgan fingerprint density at radius 2 is 1.17 bits per heavy atom. The minimum absolute atomic E-state index is 0.0517. The van der Waals surface area contributed by atoms with Gasteiger partial charge >= 0.3 is 39.1 Å². The van der Waals surface area contributed by atoms with Crippen LogP contribution in [-0.2, 0) is 78.3 Å². The molecule has 111 heavy (non-hydrogen) atoms. The summed E-state index contributed by atoms with van der Waals surface area (Å²) in [4.78, 5) is 161. The van der Waals surface area contributed by atoms with Crippen LogP contribution >= 0.6 is 15.2 Å². The minimum atomic E-state index is -4.72. The van der Waals surface area contributed by atoms with E-state index in [0.29, 0.717) is 106 Å². The molecule has 0 radical (unpaired) electrons. The summed E-state index contributed by atoms with van der Waals surface area (Å²) in [5, 5.41) is 59.6. The van der Waals surface area contributed by atoms with Gasteiger partial charge in [0, 0.05) is 135 Å². The number of aryl methyl sites for hydroxylation is 3. The number of amides is 5. The summed E-state index contributed by atoms with van der Waals surface area (Å²) < 4.78 is 75.7. The first kappa shape index (κ1) is 95.2. The van der Waals surface area contributed by atoms with Gasteiger partial charge < -0.3 is 95.8 Å². The number of fused-ring (bicyclic) bond motifs is 1. The molecule has 1 fully saturated rings. The number of unbranched alkanes of at least 4 members (excludes halogenated alkanes) is 1. The van der Waals surface area contributed by atoms with Crippen molar-refractivity contribution in [3.8, 4) is 5.75 Å². The molecule has 0 bridgehead atoms. The van der Waals surface area contributed by atoms with Crippen LogP contribution in [0.3, 0.4) is 0 Å². The summed E-state index contributed by atoms with van der Waals surface area (Å²) in [7, 11) is -13.8. The van der Waals surface area contributed by atoms with Crippen LogP contribution in [0.5, 0.6) is 5.75 Å². The number of sulfonamides is 1. The number of carbonyl (C=O) groups is 9. The van der Waals surface area contributed by atoms with Crippen LogP contribution in [0.1, 0.15) is 86.7 Å². The van der Waals surface area contributed by atoms with Gasteiger partial charge in [-0.05, 0) is 107 Å². The standard InChI is InChI=1S/C39H56N8O10S.C28H54N8O15P2/c1-4-16-54-19-21-56-22-20-55-17-7-12-40-35(48)8-5-18-57-32-23-28(2)36(29(3)24-32)58(52,53)46-33(38(50)51)27-44-37(49)30-9-10-34-31(25-30)26-45-47(34)15-6-11-41-39-42-13-14-43-39;1-2-29-28(45)22(5-3-4-6-30-23(37)15-36(20-52(46,47)48)21-53(49,50)51)31-24(38)16-32-7-9-33(17-25(39)40)11-13-35(19-27(43)44)14-12-34(10-8-32)18-26(41)42/h9-10,13-14,23-26,33,46H,4-8,11-12,15-22,27H2,1-3H3,(H,40,48)(H,44,49)(H,50,51)(H2,41,42,43);22H,2-21H2,1H3,(H,29,45)(H,30,37)(H,31,38)(H,39,40)(H,41,42)(H,43,44)(H2,46,47,48)(H2,49,50,51)/t33-;22-/m01/s1. The second kappa shape index (κ2) is 50.8. The molecule has 4 aromatic rings. The zero-order chi connectivity index (χ0) is 81.9. The van der Waals surface area contributed by atoms with E-state index < -0.39 is 110 Å². The number of nitrogens with one attached hydrogen (secondary N) is 8. The third-order valence-electron chi connectivity index (χ3n) is 16.5. The number of anilines is 1. The topological polar surface area (TPSA) is 568 Å². The summed E-state index contributed by atoms with van der Waals surface area (Å²) in [5.41, 5.74) is 1.77. The van der Waals surface area contributed by atoms with Gasteiger partial charge in [-0.25, -0.2) is 13.4 Å². The molecule has 16 N–H and O–H groups in total. The first-order valence-electron chi connectivity index (χ1n) is 36.3. The van der Waals surface area contributed by atoms with Gasteiger partial charge in [0.05, 0.1) is 82.4 Å². The third-order valence-corrected chi connectivity index (χ3v) is 19.8. The molecule has 5 amide bonds. The highest BCUT2D eigenvalue weighted by molar-refractivity contribution is 7.89. The number of nitrogens with zero attached hydrogens (tertiary/aromatic N) is 8. The lowest BCUT2D eigenvalue weighted by atomic mass is 10.1. The van der Waals surface area contributed by atoms with Gasteiger partial charge in [-0.1, -0.05) is 6.92 Å². The maximum atomic E-state index is 13.5. The van der Waals surface area contributed by atoms with E-state index in [2.05, 4.69) is 58.6 Å². The normalized spacial score (nSPS) is 14.4. The Morgan fingerprint density at radius 3 is 1.70 bits per heavy atom. The summed E-state index contributed by atoms with van der Waals surface area (Å²) in [6.45, 7) is 11.8. The number of rotatable bonds is 51. The van der Waals surface area contributed by atoms with Crippen molar-refractivity contribution in [1.82, 2.24) is 75.6 Å². The van der Waals surface area contributed by atoms with E-state index in [0.717, 1.165) is 30.4 Å². The number of H-pyrrole nitrogens is 1. The molecule has 1 aliphatic heterocycles. The molecule has 5 rings (SSSR count). The minimum Gasteiger partial charge on any atom is -0.494 e. The number of hydrogen-bond acceptors (Lipinski definition) is 25. The van der Waals surface area contributed by atoms with Gasteiger partial charge in [0.1, 0.15) is 30.4 Å². The zero-order valence-electron chi connectivity index (χ0n) is 63.1. The van der Waals surface area contributed by atoms with Crippen LogP contribution < -0.4 is 41.4 Å². The van der Waals surface area contributed by atoms with E-state index in [-0.39, 0.29) is 127 Å². The van der Waals surface area contributed by atoms with E-state index in [1.54, 1.807) is 89.3 Å². The molecule has 624 valence electrons. The van der Waals surface area contributed by atoms with Gasteiger partial charge in [0.2, 0.25) is 33.7 Å². The number of ether oxygens (including phenoxy) is 4. The number of likely N-dealkylation sites (N-methyl/N-ethyl adjacent to an activating group) is 1. The maximum Gasteiger partial charge on any atom is 0.339 e. The number of aromatic amines is 1. The molecule has 0 unspecified atom stereocenters. The SMILES string of the molecule is CCCOCCOCCOCCCNC(=O)CCCOc1cc(C)c(S(=O)(=O)N[C@@H](CNC(=O)c2ccc3c(cnn3CCCNc3ncc[nH]3)c2)C(=O)O)c(C)c1.CCNC(=O)[C@@H](CCCCNC(=O)CN(CP(=O)(O)O)CP(=O)(O)O)NC(=O)CN1CCN(CC(=O)O)CCN(CC(=O)O)CCN(CC(=O)O)CC1. The van der Waals surface area contributed by atoms with Gasteiger partial charge in [0.15, 0.2) is 5.95 Å². The van der Waals surface area contributed by atoms with E-state index in [1.807, 2.05) is 4.68 Å². The second-order valence-corrected chi connectivity index (χ2v) is 30.9. The fraction of sp³-hybridized carbons (Fsp3) is 0.627. The highest BCUT2D eigenvalue weighted by Gasteiger charge is 2.31. The molecular formula is C67H110N16O25P2S. The molecule has 0 aliphatic carbocycles. The van der Waals surface area contributed by atoms with E-state index >= 15 is 0 Å². The number of aromatic nitrogens is 4. The molecule has 1 saturated heterocycles. The number of benzene rings is 2. The van der Waals surface area contributed by atoms with Crippen molar-refractivity contribution >= 4 is 95.5 Å². The highest BCUT2D eigenvalue weighted by Crippen LogP contribution is 2.40. The van der Waals surface area contributed by atoms with Gasteiger partial charge in [-0.2, -0.15) is 9.82 Å². The van der Waals surface area contributed by atoms with Gasteiger partial charge in [-0.3, -0.25) is 81.5 Å². The molecular weight excluding hydrogens is 1520 g/mol. The Hall–Kier alpha value is -8.16. The lowest BCUT2D eigenvalue weighted by Crippen LogP contribution is -2.52. The molecule has 3 heterocycles. The van der Waals surface area contributed by atoms with Crippen molar-refractivity contribution in [2.24, 2.45) is 0 Å². The van der Waals surface area contributed by atoms with E-state index in [9.17, 15) is 81.1 Å². The molecule has 2 aromatic heterocycles. The molecule has 0 saturated carbocycles. The van der Waals surface area contributed by atoms with Crippen molar-refractivity contribution < 1.29 is 120 Å². The fourth-order valence-electron chi connectivity index (χ4n) is 11.4. The number of carboxylic acids is 4. The lowest BCUT2D eigenvalue weighted by Gasteiger charge is -2.33. The number of carbonyl (C=O) groups excluding carboxylic acids is 5. The quantitative estimate of drug-likeness (QED) is 0.0188. The van der Waals surface area contributed by atoms with Crippen LogP contribution in [0.15, 0.2) is 53.8 Å². The predicted molar refractivity (Wildman–Crippen MR) is 403 cm³/mol. The Bertz CT molecular complexity index is 3720. The number of carboxylic acid groups (broad SMARTS) is 4. The van der Waals surface area contributed by atoms with Crippen molar-refractivity contribution in [2.45, 2.75) is 103 Å². The number of hydrogen-bond donors (Lipinski definition) is 16. The molecule has 2 aromatic carbocycles. The number of aliphatic carboxylic acids is 4. The van der Waals surface area contributed by atoms with Crippen LogP contribution in [0.25, 0.3) is 10.9 Å². The van der Waals surface area contributed by atoms with E-state index in [1.165, 1.54) is 0 Å². The van der Waals surface area contributed by atoms with Gasteiger partial charge in [0.25, 0.3) is 5.91 Å². The third kappa shape index (κ3) is 40.7. The first-order valence-corrected chi connectivity index (χ1v) is 41.4. The summed E-state index contributed by atoms with van der Waals surface area (Å²) in [6, 6.07) is 5.47. The fourth-order valence-corrected chi connectivity index (χ4v) is 14.6. The number of imidazole rings is 1. The predicted octanol–water partition coefficient (Wildman–Crippen LogP) is -0.893. The Morgan fingerprint density at radius 1 is 0.622 bits per heavy atom. The van der Waals surface area contributed by atoms with Crippen LogP contribution in [0.4, 0.5) is 5.95 Å². The lowest BCUT2D eigenvalue weighted by molar-refractivity contribution is -0.140. The Kier molecular flexibility index (Phi) is 43.5. The van der Waals surface area contributed by atoms with Crippen molar-refractivity contribution in [2.75, 3.05) is 182 Å². The highest BCUT2D eigenvalue weighted by atomic mass is 32.2. The van der Waals surface area contributed by atoms with Gasteiger partial charge in [-0.15, -0.1) is 0 Å². The maximum absolute atomic E-state index is 13.5. The summed E-state index contributed by atoms with van der Waals surface area (Å²) in [6.07, 6.45) is 6.88. The average molecular weight is 1630 g/mol. The second-order valence-electron chi connectivity index (χ2n) is 26.0. The van der Waals surface area contributed by atoms with Crippen molar-refractivity contribution in [3.63, 3.8) is 0 Å². The first-order chi connectivity index (χ1) is 52.6. The van der Waals surface area contributed by atoms with Crippen LogP contribution in [0, 0.1) is 13.8 Å². The zero-order valence-corrected chi connectivity index (χ0v) is 65.7. The Labute approximate surface area is 643 Å². The molecule has 2 atom stereocenters. The molecule has 1 aliphatic rings. The largest absolute Gasteiger partial charge is 0.494 e. The monoisotopic (exact) mass is 1630 g/mol. The van der Waals surface area contributed by atoms with Crippen molar-refractivity contribution in [3.05, 3.63) is 65.6 Å². The van der Waals surface area contributed by atoms with Crippen molar-refractivity contribution in [1.29, 1.82) is 0 Å². The van der Waals surface area contributed by atoms with Crippen LogP contribution in [0.2, 0.25) is 0 Å². The molecule has 41 nitrogen and oxygen atoms in total. The van der Waals surface area contributed by atoms with E-state index in [4.69, 9.17) is 38.5 Å². The molecule has 0 spiro atoms. The Balaban J connectivity index is 0.000000471. The smallest absolute Gasteiger partial charge is 0.339 e.